The number of ketones is 1. The van der Waals surface area contributed by atoms with Crippen LogP contribution in [0.5, 0.6) is 0 Å². The maximum atomic E-state index is 14.0. The number of amides is 1. The van der Waals surface area contributed by atoms with Crippen LogP contribution in [0.4, 0.5) is 5.69 Å². The summed E-state index contributed by atoms with van der Waals surface area (Å²) in [6, 6.07) is 11.5. The van der Waals surface area contributed by atoms with Crippen molar-refractivity contribution in [3.8, 4) is 0 Å². The number of nitrogens with zero attached hydrogens (tertiary/aromatic N) is 1. The normalized spacial score (nSPS) is 15.3. The molecular formula is C28H33NO5S. The van der Waals surface area contributed by atoms with Gasteiger partial charge in [0.1, 0.15) is 11.3 Å². The molecule has 0 atom stereocenters. The van der Waals surface area contributed by atoms with E-state index < -0.39 is 15.9 Å². The van der Waals surface area contributed by atoms with Gasteiger partial charge in [0.15, 0.2) is 5.78 Å². The van der Waals surface area contributed by atoms with Crippen LogP contribution >= 0.6 is 0 Å². The molecule has 4 rings (SSSR count). The standard InChI is InChI=1S/C28H33NO5S/c1-18(30)26-19(2)34-25-16-13-22(17-24(25)26)29(27(31)20-9-7-6-8-10-20)35(32,33)23-14-11-21(12-15-23)28(3,4)5/h11-17,20H,6-10H2,1-5H3. The largest absolute Gasteiger partial charge is 0.461 e. The van der Waals surface area contributed by atoms with E-state index in [0.29, 0.717) is 35.1 Å². The van der Waals surface area contributed by atoms with Crippen molar-refractivity contribution in [1.82, 2.24) is 0 Å². The Labute approximate surface area is 207 Å². The Kier molecular flexibility index (Phi) is 6.66. The van der Waals surface area contributed by atoms with Gasteiger partial charge in [0, 0.05) is 11.3 Å². The second kappa shape index (κ2) is 9.26. The number of hydrogen-bond acceptors (Lipinski definition) is 5. The van der Waals surface area contributed by atoms with E-state index in [9.17, 15) is 18.0 Å². The molecule has 1 fully saturated rings. The molecule has 1 aliphatic rings. The topological polar surface area (TPSA) is 84.7 Å². The number of carbonyl (C=O) groups is 2. The number of anilines is 1. The predicted octanol–water partition coefficient (Wildman–Crippen LogP) is 6.54. The van der Waals surface area contributed by atoms with E-state index in [1.807, 2.05) is 0 Å². The molecule has 0 unspecified atom stereocenters. The molecule has 6 nitrogen and oxygen atoms in total. The number of aryl methyl sites for hydroxylation is 1. The van der Waals surface area contributed by atoms with Crippen molar-refractivity contribution in [2.24, 2.45) is 5.92 Å². The Balaban J connectivity index is 1.86. The molecule has 0 bridgehead atoms. The SMILES string of the molecule is CC(=O)c1c(C)oc2ccc(N(C(=O)C3CCCCC3)S(=O)(=O)c3ccc(C(C)(C)C)cc3)cc12. The molecule has 0 saturated heterocycles. The lowest BCUT2D eigenvalue weighted by Crippen LogP contribution is -2.41. The first kappa shape index (κ1) is 25.2. The molecule has 1 aromatic heterocycles. The van der Waals surface area contributed by atoms with Gasteiger partial charge in [0.05, 0.1) is 16.1 Å². The van der Waals surface area contributed by atoms with Gasteiger partial charge in [-0.25, -0.2) is 12.7 Å². The number of rotatable bonds is 5. The third-order valence-electron chi connectivity index (χ3n) is 6.85. The summed E-state index contributed by atoms with van der Waals surface area (Å²) in [5, 5.41) is 0.507. The summed E-state index contributed by atoms with van der Waals surface area (Å²) in [7, 11) is -4.19. The predicted molar refractivity (Wildman–Crippen MR) is 137 cm³/mol. The molecule has 2 aromatic carbocycles. The zero-order valence-corrected chi connectivity index (χ0v) is 21.9. The van der Waals surface area contributed by atoms with E-state index in [1.54, 1.807) is 49.4 Å². The van der Waals surface area contributed by atoms with Crippen LogP contribution in [0.1, 0.15) is 81.5 Å². The molecule has 7 heteroatoms. The fourth-order valence-electron chi connectivity index (χ4n) is 4.90. The van der Waals surface area contributed by atoms with E-state index in [0.717, 1.165) is 29.1 Å². The zero-order chi connectivity index (χ0) is 25.5. The van der Waals surface area contributed by atoms with E-state index in [1.165, 1.54) is 6.92 Å². The van der Waals surface area contributed by atoms with Crippen molar-refractivity contribution < 1.29 is 22.4 Å². The molecule has 0 N–H and O–H groups in total. The van der Waals surface area contributed by atoms with E-state index >= 15 is 0 Å². The number of benzene rings is 2. The number of Topliss-reactive ketones (excluding diaryl/α,β-unsaturated/α-hetero) is 1. The molecule has 35 heavy (non-hydrogen) atoms. The lowest BCUT2D eigenvalue weighted by molar-refractivity contribution is -0.122. The van der Waals surface area contributed by atoms with Crippen molar-refractivity contribution in [2.75, 3.05) is 4.31 Å². The molecule has 1 saturated carbocycles. The molecule has 1 aliphatic carbocycles. The van der Waals surface area contributed by atoms with Gasteiger partial charge in [0.25, 0.3) is 10.0 Å². The number of furan rings is 1. The van der Waals surface area contributed by atoms with Crippen LogP contribution in [-0.2, 0) is 20.2 Å². The molecule has 0 spiro atoms. The third kappa shape index (κ3) is 4.79. The lowest BCUT2D eigenvalue weighted by Gasteiger charge is -2.29. The van der Waals surface area contributed by atoms with Gasteiger partial charge < -0.3 is 4.42 Å². The van der Waals surface area contributed by atoms with Gasteiger partial charge in [-0.15, -0.1) is 0 Å². The van der Waals surface area contributed by atoms with Crippen molar-refractivity contribution in [3.05, 3.63) is 59.4 Å². The molecule has 186 valence electrons. The molecule has 1 amide bonds. The minimum Gasteiger partial charge on any atom is -0.461 e. The van der Waals surface area contributed by atoms with Gasteiger partial charge in [-0.1, -0.05) is 52.2 Å². The Morgan fingerprint density at radius 1 is 0.971 bits per heavy atom. The number of sulfonamides is 1. The van der Waals surface area contributed by atoms with Gasteiger partial charge >= 0.3 is 0 Å². The number of hydrogen-bond donors (Lipinski definition) is 0. The molecule has 1 heterocycles. The van der Waals surface area contributed by atoms with Crippen molar-refractivity contribution in [2.45, 2.75) is 77.0 Å². The Bertz CT molecular complexity index is 1370. The van der Waals surface area contributed by atoms with Crippen LogP contribution in [0.25, 0.3) is 11.0 Å². The van der Waals surface area contributed by atoms with E-state index in [4.69, 9.17) is 4.42 Å². The average molecular weight is 496 g/mol. The fraction of sp³-hybridized carbons (Fsp3) is 0.429. The Hall–Kier alpha value is -2.93. The fourth-order valence-corrected chi connectivity index (χ4v) is 6.37. The highest BCUT2D eigenvalue weighted by Gasteiger charge is 2.36. The van der Waals surface area contributed by atoms with Gasteiger partial charge in [-0.2, -0.15) is 0 Å². The summed E-state index contributed by atoms with van der Waals surface area (Å²) >= 11 is 0. The summed E-state index contributed by atoms with van der Waals surface area (Å²) in [6.07, 6.45) is 4.18. The molecule has 0 aliphatic heterocycles. The van der Waals surface area contributed by atoms with Gasteiger partial charge in [-0.3, -0.25) is 9.59 Å². The van der Waals surface area contributed by atoms with Crippen LogP contribution in [-0.4, -0.2) is 20.1 Å². The van der Waals surface area contributed by atoms with Gasteiger partial charge in [-0.05, 0) is 68.0 Å². The minimum absolute atomic E-state index is 0.0601. The maximum absolute atomic E-state index is 14.0. The second-order valence-electron chi connectivity index (χ2n) is 10.5. The first-order valence-electron chi connectivity index (χ1n) is 12.1. The van der Waals surface area contributed by atoms with Crippen molar-refractivity contribution in [3.63, 3.8) is 0 Å². The second-order valence-corrected chi connectivity index (χ2v) is 12.3. The summed E-state index contributed by atoms with van der Waals surface area (Å²) in [4.78, 5) is 26.1. The highest BCUT2D eigenvalue weighted by Crippen LogP contribution is 2.35. The van der Waals surface area contributed by atoms with Crippen LogP contribution in [0.3, 0.4) is 0 Å². The summed E-state index contributed by atoms with van der Waals surface area (Å²) < 4.78 is 34.6. The quantitative estimate of drug-likeness (QED) is 0.375. The van der Waals surface area contributed by atoms with Crippen LogP contribution < -0.4 is 4.31 Å². The smallest absolute Gasteiger partial charge is 0.270 e. The van der Waals surface area contributed by atoms with Gasteiger partial charge in [0.2, 0.25) is 5.91 Å². The number of carbonyl (C=O) groups excluding carboxylic acids is 2. The average Bonchev–Trinajstić information content (AvgIpc) is 3.14. The zero-order valence-electron chi connectivity index (χ0n) is 21.1. The van der Waals surface area contributed by atoms with Crippen molar-refractivity contribution in [1.29, 1.82) is 0 Å². The monoisotopic (exact) mass is 495 g/mol. The summed E-state index contributed by atoms with van der Waals surface area (Å²) in [5.74, 6) is -0.491. The molecular weight excluding hydrogens is 462 g/mol. The Morgan fingerprint density at radius 3 is 2.17 bits per heavy atom. The first-order valence-corrected chi connectivity index (χ1v) is 13.6. The highest BCUT2D eigenvalue weighted by atomic mass is 32.2. The highest BCUT2D eigenvalue weighted by molar-refractivity contribution is 7.93. The minimum atomic E-state index is -4.19. The van der Waals surface area contributed by atoms with Crippen LogP contribution in [0.15, 0.2) is 51.8 Å². The Morgan fingerprint density at radius 2 is 1.60 bits per heavy atom. The van der Waals surface area contributed by atoms with Crippen LogP contribution in [0.2, 0.25) is 0 Å². The lowest BCUT2D eigenvalue weighted by atomic mass is 9.87. The van der Waals surface area contributed by atoms with Crippen LogP contribution in [0, 0.1) is 12.8 Å². The van der Waals surface area contributed by atoms with Crippen molar-refractivity contribution >= 4 is 38.4 Å². The number of fused-ring (bicyclic) bond motifs is 1. The van der Waals surface area contributed by atoms with E-state index in [-0.39, 0.29) is 27.7 Å². The first-order chi connectivity index (χ1) is 16.4. The molecule has 0 radical (unpaired) electrons. The summed E-state index contributed by atoms with van der Waals surface area (Å²) in [6.45, 7) is 9.33. The van der Waals surface area contributed by atoms with E-state index in [2.05, 4.69) is 20.8 Å². The maximum Gasteiger partial charge on any atom is 0.270 e. The molecule has 3 aromatic rings. The summed E-state index contributed by atoms with van der Waals surface area (Å²) in [5.41, 5.74) is 1.97. The third-order valence-corrected chi connectivity index (χ3v) is 8.59.